The molecule has 0 radical (unpaired) electrons. The Morgan fingerprint density at radius 2 is 2.11 bits per heavy atom. The molecule has 0 saturated carbocycles. The molecule has 18 heavy (non-hydrogen) atoms. The van der Waals surface area contributed by atoms with Gasteiger partial charge in [0.2, 0.25) is 0 Å². The summed E-state index contributed by atoms with van der Waals surface area (Å²) in [5.41, 5.74) is 5.87. The van der Waals surface area contributed by atoms with E-state index in [0.717, 1.165) is 23.6 Å². The third kappa shape index (κ3) is 2.76. The van der Waals surface area contributed by atoms with Gasteiger partial charge in [-0.25, -0.2) is 0 Å². The van der Waals surface area contributed by atoms with Gasteiger partial charge in [0.05, 0.1) is 0 Å². The van der Waals surface area contributed by atoms with E-state index in [1.165, 1.54) is 11.1 Å². The van der Waals surface area contributed by atoms with E-state index in [0.29, 0.717) is 0 Å². The van der Waals surface area contributed by atoms with Crippen molar-refractivity contribution in [3.05, 3.63) is 46.5 Å². The van der Waals surface area contributed by atoms with E-state index >= 15 is 0 Å². The maximum atomic E-state index is 4.54. The lowest BCUT2D eigenvalue weighted by Gasteiger charge is -2.18. The van der Waals surface area contributed by atoms with Gasteiger partial charge in [-0.15, -0.1) is 0 Å². The van der Waals surface area contributed by atoms with E-state index < -0.39 is 0 Å². The van der Waals surface area contributed by atoms with Gasteiger partial charge in [-0.3, -0.25) is 10.1 Å². The van der Waals surface area contributed by atoms with Crippen LogP contribution in [-0.2, 0) is 6.54 Å². The molecule has 0 aromatic carbocycles. The number of H-pyrrole nitrogens is 1. The maximum Gasteiger partial charge on any atom is 0.0490 e. The van der Waals surface area contributed by atoms with Gasteiger partial charge >= 0.3 is 0 Å². The van der Waals surface area contributed by atoms with Crippen LogP contribution in [0.5, 0.6) is 0 Å². The van der Waals surface area contributed by atoms with Gasteiger partial charge in [-0.1, -0.05) is 0 Å². The average molecular weight is 244 g/mol. The van der Waals surface area contributed by atoms with Crippen molar-refractivity contribution >= 4 is 0 Å². The van der Waals surface area contributed by atoms with E-state index in [1.807, 2.05) is 13.0 Å². The Balaban J connectivity index is 2.11. The average Bonchev–Trinajstić information content (AvgIpc) is 2.77. The minimum absolute atomic E-state index is 0.279. The summed E-state index contributed by atoms with van der Waals surface area (Å²) in [7, 11) is 0. The Morgan fingerprint density at radius 1 is 1.33 bits per heavy atom. The molecule has 0 spiro atoms. The SMILES string of the molecule is Cc1cc(C)c(C(C)NCc2ccn[nH]2)c(C)n1. The molecular weight excluding hydrogens is 224 g/mol. The molecule has 1 atom stereocenters. The van der Waals surface area contributed by atoms with Crippen LogP contribution < -0.4 is 5.32 Å². The van der Waals surface area contributed by atoms with Gasteiger partial charge in [0.1, 0.15) is 0 Å². The first-order valence-electron chi connectivity index (χ1n) is 6.24. The van der Waals surface area contributed by atoms with Crippen LogP contribution in [0.25, 0.3) is 0 Å². The van der Waals surface area contributed by atoms with Gasteiger partial charge in [0.25, 0.3) is 0 Å². The summed E-state index contributed by atoms with van der Waals surface area (Å²) in [6, 6.07) is 4.39. The Bertz CT molecular complexity index is 494. The number of nitrogens with zero attached hydrogens (tertiary/aromatic N) is 2. The summed E-state index contributed by atoms with van der Waals surface area (Å²) in [4.78, 5) is 4.54. The molecule has 0 fully saturated rings. The fraction of sp³-hybridized carbons (Fsp3) is 0.429. The second-order valence-corrected chi connectivity index (χ2v) is 4.76. The van der Waals surface area contributed by atoms with E-state index in [-0.39, 0.29) is 6.04 Å². The molecule has 0 aliphatic heterocycles. The lowest BCUT2D eigenvalue weighted by atomic mass is 10.0. The second kappa shape index (κ2) is 5.31. The Morgan fingerprint density at radius 3 is 2.72 bits per heavy atom. The molecule has 0 aliphatic rings. The fourth-order valence-corrected chi connectivity index (χ4v) is 2.44. The Kier molecular flexibility index (Phi) is 3.77. The molecule has 2 aromatic heterocycles. The first kappa shape index (κ1) is 12.8. The Labute approximate surface area is 108 Å². The third-order valence-electron chi connectivity index (χ3n) is 3.17. The first-order chi connectivity index (χ1) is 8.58. The molecular formula is C14H20N4. The van der Waals surface area contributed by atoms with Gasteiger partial charge in [-0.2, -0.15) is 5.10 Å². The number of aromatic amines is 1. The van der Waals surface area contributed by atoms with Crippen LogP contribution in [0.4, 0.5) is 0 Å². The molecule has 1 unspecified atom stereocenters. The maximum absolute atomic E-state index is 4.54. The molecule has 4 nitrogen and oxygen atoms in total. The van der Waals surface area contributed by atoms with Crippen molar-refractivity contribution in [1.82, 2.24) is 20.5 Å². The van der Waals surface area contributed by atoms with Gasteiger partial charge < -0.3 is 5.32 Å². The van der Waals surface area contributed by atoms with Gasteiger partial charge in [0.15, 0.2) is 0 Å². The van der Waals surface area contributed by atoms with Crippen LogP contribution in [0.1, 0.15) is 41.2 Å². The molecule has 0 bridgehead atoms. The summed E-state index contributed by atoms with van der Waals surface area (Å²) < 4.78 is 0. The minimum Gasteiger partial charge on any atom is -0.305 e. The third-order valence-corrected chi connectivity index (χ3v) is 3.17. The number of hydrogen-bond acceptors (Lipinski definition) is 3. The normalized spacial score (nSPS) is 12.7. The number of pyridine rings is 1. The lowest BCUT2D eigenvalue weighted by molar-refractivity contribution is 0.559. The quantitative estimate of drug-likeness (QED) is 0.869. The van der Waals surface area contributed by atoms with Gasteiger partial charge in [-0.05, 0) is 51.0 Å². The van der Waals surface area contributed by atoms with Gasteiger partial charge in [0, 0.05) is 35.9 Å². The topological polar surface area (TPSA) is 53.6 Å². The summed E-state index contributed by atoms with van der Waals surface area (Å²) >= 11 is 0. The molecule has 2 heterocycles. The number of nitrogens with one attached hydrogen (secondary N) is 2. The van der Waals surface area contributed by atoms with Crippen LogP contribution in [0.15, 0.2) is 18.3 Å². The van der Waals surface area contributed by atoms with Crippen molar-refractivity contribution in [2.75, 3.05) is 0 Å². The zero-order chi connectivity index (χ0) is 13.1. The van der Waals surface area contributed by atoms with Crippen molar-refractivity contribution in [1.29, 1.82) is 0 Å². The highest BCUT2D eigenvalue weighted by atomic mass is 15.1. The highest BCUT2D eigenvalue weighted by Gasteiger charge is 2.12. The lowest BCUT2D eigenvalue weighted by Crippen LogP contribution is -2.20. The van der Waals surface area contributed by atoms with Crippen LogP contribution in [-0.4, -0.2) is 15.2 Å². The zero-order valence-electron chi connectivity index (χ0n) is 11.4. The number of rotatable bonds is 4. The zero-order valence-corrected chi connectivity index (χ0v) is 11.4. The highest BCUT2D eigenvalue weighted by molar-refractivity contribution is 5.33. The molecule has 2 N–H and O–H groups in total. The largest absolute Gasteiger partial charge is 0.305 e. The van der Waals surface area contributed by atoms with Crippen molar-refractivity contribution in [2.45, 2.75) is 40.3 Å². The van der Waals surface area contributed by atoms with E-state index in [9.17, 15) is 0 Å². The molecule has 96 valence electrons. The van der Waals surface area contributed by atoms with Crippen molar-refractivity contribution in [2.24, 2.45) is 0 Å². The molecule has 2 rings (SSSR count). The first-order valence-corrected chi connectivity index (χ1v) is 6.24. The van der Waals surface area contributed by atoms with E-state index in [1.54, 1.807) is 6.20 Å². The molecule has 4 heteroatoms. The van der Waals surface area contributed by atoms with Crippen molar-refractivity contribution < 1.29 is 0 Å². The van der Waals surface area contributed by atoms with E-state index in [2.05, 4.69) is 47.3 Å². The van der Waals surface area contributed by atoms with E-state index in [4.69, 9.17) is 0 Å². The highest BCUT2D eigenvalue weighted by Crippen LogP contribution is 2.21. The smallest absolute Gasteiger partial charge is 0.0490 e. The molecule has 0 amide bonds. The predicted molar refractivity (Wildman–Crippen MR) is 72.3 cm³/mol. The van der Waals surface area contributed by atoms with Crippen molar-refractivity contribution in [3.8, 4) is 0 Å². The molecule has 2 aromatic rings. The second-order valence-electron chi connectivity index (χ2n) is 4.76. The van der Waals surface area contributed by atoms with Crippen molar-refractivity contribution in [3.63, 3.8) is 0 Å². The molecule has 0 saturated heterocycles. The van der Waals surface area contributed by atoms with Crippen LogP contribution in [0.3, 0.4) is 0 Å². The van der Waals surface area contributed by atoms with Crippen LogP contribution in [0.2, 0.25) is 0 Å². The van der Waals surface area contributed by atoms with Crippen LogP contribution >= 0.6 is 0 Å². The Hall–Kier alpha value is -1.68. The standard InChI is InChI=1S/C14H20N4/c1-9-7-10(2)17-12(4)14(9)11(3)15-8-13-5-6-16-18-13/h5-7,11,15H,8H2,1-4H3,(H,16,18). The monoisotopic (exact) mass is 244 g/mol. The van der Waals surface area contributed by atoms with Crippen LogP contribution in [0, 0.1) is 20.8 Å². The minimum atomic E-state index is 0.279. The summed E-state index contributed by atoms with van der Waals surface area (Å²) in [6.07, 6.45) is 1.77. The summed E-state index contributed by atoms with van der Waals surface area (Å²) in [5.74, 6) is 0. The summed E-state index contributed by atoms with van der Waals surface area (Å²) in [6.45, 7) is 9.21. The number of hydrogen-bond donors (Lipinski definition) is 2. The summed E-state index contributed by atoms with van der Waals surface area (Å²) in [5, 5.41) is 10.4. The molecule has 0 aliphatic carbocycles. The number of aryl methyl sites for hydroxylation is 3. The fourth-order valence-electron chi connectivity index (χ4n) is 2.44. The predicted octanol–water partition coefficient (Wildman–Crippen LogP) is 2.58. The number of aromatic nitrogens is 3.